The van der Waals surface area contributed by atoms with Crippen LogP contribution in [0.5, 0.6) is 0 Å². The molecule has 108 valence electrons. The summed E-state index contributed by atoms with van der Waals surface area (Å²) in [6, 6.07) is 0. The van der Waals surface area contributed by atoms with Crippen molar-refractivity contribution in [2.75, 3.05) is 40.0 Å². The van der Waals surface area contributed by atoms with Crippen molar-refractivity contribution in [2.24, 2.45) is 11.8 Å². The summed E-state index contributed by atoms with van der Waals surface area (Å²) in [5.74, 6) is 1.60. The van der Waals surface area contributed by atoms with Crippen molar-refractivity contribution in [1.82, 2.24) is 5.32 Å². The maximum Gasteiger partial charge on any atom is 0.0897 e. The van der Waals surface area contributed by atoms with Gasteiger partial charge in [0.15, 0.2) is 0 Å². The summed E-state index contributed by atoms with van der Waals surface area (Å²) >= 11 is 0. The van der Waals surface area contributed by atoms with Gasteiger partial charge in [0.25, 0.3) is 0 Å². The molecule has 0 aromatic heterocycles. The van der Waals surface area contributed by atoms with Crippen molar-refractivity contribution in [3.05, 3.63) is 0 Å². The largest absolute Gasteiger partial charge is 0.389 e. The maximum absolute atomic E-state index is 9.72. The van der Waals surface area contributed by atoms with E-state index < -0.39 is 6.10 Å². The Labute approximate surface area is 111 Å². The fourth-order valence-corrected chi connectivity index (χ4v) is 2.55. The van der Waals surface area contributed by atoms with Gasteiger partial charge in [-0.05, 0) is 24.8 Å². The standard InChI is InChI=1S/C14H29NO3/c1-12-5-3-4-6-13(12)9-15-10-14(16)11-18-8-7-17-2/h12-16H,3-11H2,1-2H3. The van der Waals surface area contributed by atoms with Crippen LogP contribution in [-0.4, -0.2) is 51.2 Å². The number of hydrogen-bond acceptors (Lipinski definition) is 4. The molecule has 1 rings (SSSR count). The average Bonchev–Trinajstić information content (AvgIpc) is 2.37. The van der Waals surface area contributed by atoms with Gasteiger partial charge in [-0.1, -0.05) is 26.2 Å². The van der Waals surface area contributed by atoms with E-state index in [4.69, 9.17) is 9.47 Å². The average molecular weight is 259 g/mol. The summed E-state index contributed by atoms with van der Waals surface area (Å²) in [5, 5.41) is 13.1. The Bertz CT molecular complexity index is 201. The molecule has 3 unspecified atom stereocenters. The van der Waals surface area contributed by atoms with Crippen LogP contribution < -0.4 is 5.32 Å². The summed E-state index contributed by atoms with van der Waals surface area (Å²) in [7, 11) is 1.65. The number of hydrogen-bond donors (Lipinski definition) is 2. The quantitative estimate of drug-likeness (QED) is 0.615. The minimum Gasteiger partial charge on any atom is -0.389 e. The second kappa shape index (κ2) is 9.73. The molecule has 0 radical (unpaired) electrons. The molecule has 0 heterocycles. The summed E-state index contributed by atoms with van der Waals surface area (Å²) in [6.07, 6.45) is 5.01. The third-order valence-corrected chi connectivity index (χ3v) is 3.82. The summed E-state index contributed by atoms with van der Waals surface area (Å²) < 4.78 is 10.2. The highest BCUT2D eigenvalue weighted by Gasteiger charge is 2.20. The lowest BCUT2D eigenvalue weighted by Crippen LogP contribution is -2.36. The molecule has 18 heavy (non-hydrogen) atoms. The highest BCUT2D eigenvalue weighted by molar-refractivity contribution is 4.74. The zero-order chi connectivity index (χ0) is 13.2. The highest BCUT2D eigenvalue weighted by atomic mass is 16.5. The van der Waals surface area contributed by atoms with Crippen LogP contribution in [0.15, 0.2) is 0 Å². The van der Waals surface area contributed by atoms with Gasteiger partial charge >= 0.3 is 0 Å². The van der Waals surface area contributed by atoms with E-state index in [9.17, 15) is 5.11 Å². The Morgan fingerprint density at radius 3 is 2.78 bits per heavy atom. The molecular weight excluding hydrogens is 230 g/mol. The van der Waals surface area contributed by atoms with Crippen LogP contribution in [0.4, 0.5) is 0 Å². The van der Waals surface area contributed by atoms with Crippen molar-refractivity contribution in [3.8, 4) is 0 Å². The molecule has 0 spiro atoms. The molecule has 0 aromatic carbocycles. The van der Waals surface area contributed by atoms with Crippen molar-refractivity contribution >= 4 is 0 Å². The predicted molar refractivity (Wildman–Crippen MR) is 72.7 cm³/mol. The molecule has 2 N–H and O–H groups in total. The number of rotatable bonds is 9. The molecule has 3 atom stereocenters. The normalized spacial score (nSPS) is 26.2. The smallest absolute Gasteiger partial charge is 0.0897 e. The van der Waals surface area contributed by atoms with Crippen molar-refractivity contribution < 1.29 is 14.6 Å². The van der Waals surface area contributed by atoms with Crippen LogP contribution >= 0.6 is 0 Å². The van der Waals surface area contributed by atoms with Crippen molar-refractivity contribution in [3.63, 3.8) is 0 Å². The Balaban J connectivity index is 1.98. The van der Waals surface area contributed by atoms with E-state index >= 15 is 0 Å². The van der Waals surface area contributed by atoms with Gasteiger partial charge in [0.05, 0.1) is 25.9 Å². The van der Waals surface area contributed by atoms with Gasteiger partial charge in [0.2, 0.25) is 0 Å². The van der Waals surface area contributed by atoms with E-state index in [1.165, 1.54) is 25.7 Å². The van der Waals surface area contributed by atoms with Gasteiger partial charge in [0, 0.05) is 13.7 Å². The minimum atomic E-state index is -0.416. The van der Waals surface area contributed by atoms with Crippen LogP contribution in [0.1, 0.15) is 32.6 Å². The number of aliphatic hydroxyl groups excluding tert-OH is 1. The molecule has 0 bridgehead atoms. The first kappa shape index (κ1) is 15.9. The number of methoxy groups -OCH3 is 1. The van der Waals surface area contributed by atoms with Crippen LogP contribution in [0.25, 0.3) is 0 Å². The van der Waals surface area contributed by atoms with E-state index in [1.54, 1.807) is 7.11 Å². The Hall–Kier alpha value is -0.160. The molecular formula is C14H29NO3. The zero-order valence-corrected chi connectivity index (χ0v) is 11.9. The molecule has 1 aliphatic carbocycles. The van der Waals surface area contributed by atoms with Crippen LogP contribution in [0, 0.1) is 11.8 Å². The Morgan fingerprint density at radius 1 is 1.28 bits per heavy atom. The second-order valence-electron chi connectivity index (χ2n) is 5.40. The number of ether oxygens (including phenoxy) is 2. The number of aliphatic hydroxyl groups is 1. The maximum atomic E-state index is 9.72. The topological polar surface area (TPSA) is 50.7 Å². The molecule has 1 aliphatic rings. The fourth-order valence-electron chi connectivity index (χ4n) is 2.55. The van der Waals surface area contributed by atoms with Gasteiger partial charge in [-0.3, -0.25) is 0 Å². The first-order valence-corrected chi connectivity index (χ1v) is 7.19. The first-order valence-electron chi connectivity index (χ1n) is 7.19. The molecule has 0 saturated heterocycles. The molecule has 4 nitrogen and oxygen atoms in total. The van der Waals surface area contributed by atoms with E-state index in [0.29, 0.717) is 26.4 Å². The SMILES string of the molecule is COCCOCC(O)CNCC1CCCCC1C. The fraction of sp³-hybridized carbons (Fsp3) is 1.00. The first-order chi connectivity index (χ1) is 8.74. The molecule has 0 amide bonds. The lowest BCUT2D eigenvalue weighted by molar-refractivity contribution is 0.0132. The highest BCUT2D eigenvalue weighted by Crippen LogP contribution is 2.28. The molecule has 1 fully saturated rings. The number of nitrogens with one attached hydrogen (secondary N) is 1. The second-order valence-corrected chi connectivity index (χ2v) is 5.40. The van der Waals surface area contributed by atoms with E-state index in [0.717, 1.165) is 18.4 Å². The summed E-state index contributed by atoms with van der Waals surface area (Å²) in [5.41, 5.74) is 0. The van der Waals surface area contributed by atoms with Crippen LogP contribution in [0.2, 0.25) is 0 Å². The van der Waals surface area contributed by atoms with Crippen molar-refractivity contribution in [2.45, 2.75) is 38.7 Å². The van der Waals surface area contributed by atoms with Gasteiger partial charge < -0.3 is 19.9 Å². The summed E-state index contributed by atoms with van der Waals surface area (Å²) in [4.78, 5) is 0. The van der Waals surface area contributed by atoms with E-state index in [-0.39, 0.29) is 0 Å². The van der Waals surface area contributed by atoms with Gasteiger partial charge in [-0.15, -0.1) is 0 Å². The predicted octanol–water partition coefficient (Wildman–Crippen LogP) is 1.43. The third-order valence-electron chi connectivity index (χ3n) is 3.82. The molecule has 0 aromatic rings. The van der Waals surface area contributed by atoms with Gasteiger partial charge in [0.1, 0.15) is 0 Å². The van der Waals surface area contributed by atoms with Gasteiger partial charge in [-0.25, -0.2) is 0 Å². The monoisotopic (exact) mass is 259 g/mol. The van der Waals surface area contributed by atoms with Crippen LogP contribution in [-0.2, 0) is 9.47 Å². The Kier molecular flexibility index (Phi) is 8.59. The molecule has 4 heteroatoms. The summed E-state index contributed by atoms with van der Waals surface area (Å²) in [6.45, 7) is 5.51. The van der Waals surface area contributed by atoms with E-state index in [2.05, 4.69) is 12.2 Å². The minimum absolute atomic E-state index is 0.385. The van der Waals surface area contributed by atoms with Gasteiger partial charge in [-0.2, -0.15) is 0 Å². The van der Waals surface area contributed by atoms with E-state index in [1.807, 2.05) is 0 Å². The third kappa shape index (κ3) is 6.69. The Morgan fingerprint density at radius 2 is 2.06 bits per heavy atom. The molecule has 0 aliphatic heterocycles. The van der Waals surface area contributed by atoms with Crippen LogP contribution in [0.3, 0.4) is 0 Å². The lowest BCUT2D eigenvalue weighted by atomic mass is 9.80. The zero-order valence-electron chi connectivity index (χ0n) is 11.9. The van der Waals surface area contributed by atoms with Crippen molar-refractivity contribution in [1.29, 1.82) is 0 Å². The molecule has 1 saturated carbocycles. The lowest BCUT2D eigenvalue weighted by Gasteiger charge is -2.29.